The van der Waals surface area contributed by atoms with Crippen molar-refractivity contribution in [2.45, 2.75) is 45.9 Å². The van der Waals surface area contributed by atoms with Gasteiger partial charge in [-0.2, -0.15) is 0 Å². The molecule has 45 heavy (non-hydrogen) atoms. The summed E-state index contributed by atoms with van der Waals surface area (Å²) in [6, 6.07) is 30.9. The van der Waals surface area contributed by atoms with Crippen LogP contribution in [0.15, 0.2) is 95.6 Å². The summed E-state index contributed by atoms with van der Waals surface area (Å²) in [4.78, 5) is 7.78. The normalized spacial score (nSPS) is 12.3. The highest BCUT2D eigenvalue weighted by molar-refractivity contribution is 5.73. The number of nitrogens with zero attached hydrogens (tertiary/aromatic N) is 5. The van der Waals surface area contributed by atoms with Crippen molar-refractivity contribution in [3.05, 3.63) is 108 Å². The summed E-state index contributed by atoms with van der Waals surface area (Å²) in [6.07, 6.45) is 2.12. The van der Waals surface area contributed by atoms with Crippen LogP contribution in [0.1, 0.15) is 36.6 Å². The molecule has 0 spiro atoms. The van der Waals surface area contributed by atoms with Crippen LogP contribution in [-0.2, 0) is 26.2 Å². The van der Waals surface area contributed by atoms with E-state index in [4.69, 9.17) is 23.8 Å². The average molecular weight is 602 g/mol. The molecule has 9 nitrogen and oxygen atoms in total. The maximum absolute atomic E-state index is 5.72. The molecule has 0 saturated carbocycles. The van der Waals surface area contributed by atoms with E-state index in [-0.39, 0.29) is 6.79 Å². The summed E-state index contributed by atoms with van der Waals surface area (Å²) in [7, 11) is 1.70. The van der Waals surface area contributed by atoms with Gasteiger partial charge >= 0.3 is 0 Å². The largest absolute Gasteiger partial charge is 0.497 e. The zero-order valence-corrected chi connectivity index (χ0v) is 25.5. The van der Waals surface area contributed by atoms with Crippen molar-refractivity contribution in [3.63, 3.8) is 0 Å². The standard InChI is InChI=1S/C36H35N5O4/c1-3-4-17-41-32(35(28-11-8-12-29(20-28)42-2)37-36(41)27-9-6-5-7-10-27)23-40(21-25-13-15-30-31(18-25)39-45-38-30)22-26-14-16-33-34(19-26)44-24-43-33/h5-16,18-20H,3-4,17,21-24H2,1-2H3. The summed E-state index contributed by atoms with van der Waals surface area (Å²) < 4.78 is 24.3. The zero-order valence-electron chi connectivity index (χ0n) is 25.5. The lowest BCUT2D eigenvalue weighted by Gasteiger charge is -2.25. The van der Waals surface area contributed by atoms with Crippen LogP contribution < -0.4 is 14.2 Å². The first-order valence-electron chi connectivity index (χ1n) is 15.3. The van der Waals surface area contributed by atoms with E-state index in [1.54, 1.807) is 7.11 Å². The van der Waals surface area contributed by atoms with Crippen LogP contribution in [0.25, 0.3) is 33.7 Å². The van der Waals surface area contributed by atoms with Crippen molar-refractivity contribution in [3.8, 4) is 39.9 Å². The van der Waals surface area contributed by atoms with Gasteiger partial charge in [0.1, 0.15) is 22.6 Å². The minimum Gasteiger partial charge on any atom is -0.497 e. The van der Waals surface area contributed by atoms with Gasteiger partial charge in [-0.3, -0.25) is 4.90 Å². The van der Waals surface area contributed by atoms with Gasteiger partial charge in [-0.05, 0) is 64.3 Å². The maximum atomic E-state index is 5.72. The minimum absolute atomic E-state index is 0.247. The molecule has 2 aromatic heterocycles. The number of hydrogen-bond donors (Lipinski definition) is 0. The fraction of sp³-hybridized carbons (Fsp3) is 0.250. The molecule has 0 atom stereocenters. The number of aromatic nitrogens is 4. The molecule has 228 valence electrons. The van der Waals surface area contributed by atoms with E-state index in [0.717, 1.165) is 87.1 Å². The number of ether oxygens (including phenoxy) is 3. The van der Waals surface area contributed by atoms with Crippen LogP contribution in [0, 0.1) is 0 Å². The third-order valence-electron chi connectivity index (χ3n) is 8.12. The fourth-order valence-electron chi connectivity index (χ4n) is 5.87. The summed E-state index contributed by atoms with van der Waals surface area (Å²) in [5.41, 5.74) is 7.96. The van der Waals surface area contributed by atoms with Crippen LogP contribution in [0.2, 0.25) is 0 Å². The lowest BCUT2D eigenvalue weighted by molar-refractivity contribution is 0.174. The Morgan fingerprint density at radius 2 is 1.56 bits per heavy atom. The van der Waals surface area contributed by atoms with Gasteiger partial charge in [0.2, 0.25) is 6.79 Å². The number of imidazole rings is 1. The van der Waals surface area contributed by atoms with Crippen molar-refractivity contribution in [2.24, 2.45) is 0 Å². The second-order valence-corrected chi connectivity index (χ2v) is 11.3. The molecular weight excluding hydrogens is 566 g/mol. The van der Waals surface area contributed by atoms with E-state index in [2.05, 4.69) is 81.3 Å². The predicted octanol–water partition coefficient (Wildman–Crippen LogP) is 7.49. The summed E-state index contributed by atoms with van der Waals surface area (Å²) in [5.74, 6) is 3.32. The van der Waals surface area contributed by atoms with E-state index in [0.29, 0.717) is 19.6 Å². The average Bonchev–Trinajstić information content (AvgIpc) is 3.83. The van der Waals surface area contributed by atoms with Crippen LogP contribution in [0.4, 0.5) is 0 Å². The molecule has 0 bridgehead atoms. The Balaban J connectivity index is 1.34. The quantitative estimate of drug-likeness (QED) is 0.143. The highest BCUT2D eigenvalue weighted by atomic mass is 16.7. The molecular formula is C36H35N5O4. The topological polar surface area (TPSA) is 87.7 Å². The summed E-state index contributed by atoms with van der Waals surface area (Å²) >= 11 is 0. The molecule has 0 radical (unpaired) electrons. The predicted molar refractivity (Wildman–Crippen MR) is 172 cm³/mol. The Morgan fingerprint density at radius 3 is 2.40 bits per heavy atom. The Hall–Kier alpha value is -5.15. The molecule has 4 aromatic carbocycles. The molecule has 0 aliphatic carbocycles. The van der Waals surface area contributed by atoms with E-state index in [1.165, 1.54) is 0 Å². The number of hydrogen-bond acceptors (Lipinski definition) is 8. The first kappa shape index (κ1) is 28.6. The molecule has 3 heterocycles. The Labute approximate surface area is 261 Å². The molecule has 9 heteroatoms. The summed E-state index contributed by atoms with van der Waals surface area (Å²) in [6.45, 7) is 5.35. The van der Waals surface area contributed by atoms with Crippen molar-refractivity contribution in [1.82, 2.24) is 24.8 Å². The molecule has 0 fully saturated rings. The van der Waals surface area contributed by atoms with Crippen molar-refractivity contribution < 1.29 is 18.8 Å². The molecule has 1 aliphatic heterocycles. The van der Waals surface area contributed by atoms with Crippen LogP contribution in [0.3, 0.4) is 0 Å². The second kappa shape index (κ2) is 12.8. The van der Waals surface area contributed by atoms with E-state index in [1.807, 2.05) is 36.4 Å². The SMILES string of the molecule is CCCCn1c(-c2ccccc2)nc(-c2cccc(OC)c2)c1CN(Cc1ccc2c(c1)OCO2)Cc1ccc2nonc2c1. The molecule has 0 saturated heterocycles. The second-order valence-electron chi connectivity index (χ2n) is 11.3. The van der Waals surface area contributed by atoms with E-state index in [9.17, 15) is 0 Å². The highest BCUT2D eigenvalue weighted by Gasteiger charge is 2.23. The van der Waals surface area contributed by atoms with Gasteiger partial charge in [0, 0.05) is 37.3 Å². The van der Waals surface area contributed by atoms with Gasteiger partial charge in [-0.25, -0.2) is 9.61 Å². The van der Waals surface area contributed by atoms with Gasteiger partial charge < -0.3 is 18.8 Å². The number of rotatable bonds is 12. The number of methoxy groups -OCH3 is 1. The Morgan fingerprint density at radius 1 is 0.778 bits per heavy atom. The van der Waals surface area contributed by atoms with Gasteiger partial charge in [-0.1, -0.05) is 67.9 Å². The maximum Gasteiger partial charge on any atom is 0.231 e. The monoisotopic (exact) mass is 601 g/mol. The summed E-state index contributed by atoms with van der Waals surface area (Å²) in [5, 5.41) is 8.08. The minimum atomic E-state index is 0.247. The van der Waals surface area contributed by atoms with E-state index < -0.39 is 0 Å². The third kappa shape index (κ3) is 6.12. The smallest absolute Gasteiger partial charge is 0.231 e. The molecule has 0 amide bonds. The highest BCUT2D eigenvalue weighted by Crippen LogP contribution is 2.35. The van der Waals surface area contributed by atoms with Crippen LogP contribution in [0.5, 0.6) is 17.2 Å². The molecule has 0 N–H and O–H groups in total. The lowest BCUT2D eigenvalue weighted by atomic mass is 10.1. The van der Waals surface area contributed by atoms with Gasteiger partial charge in [0.15, 0.2) is 11.5 Å². The molecule has 6 aromatic rings. The van der Waals surface area contributed by atoms with Gasteiger partial charge in [-0.15, -0.1) is 0 Å². The van der Waals surface area contributed by atoms with Crippen molar-refractivity contribution in [2.75, 3.05) is 13.9 Å². The number of fused-ring (bicyclic) bond motifs is 2. The Kier molecular flexibility index (Phi) is 8.16. The first-order chi connectivity index (χ1) is 22.2. The van der Waals surface area contributed by atoms with E-state index >= 15 is 0 Å². The molecule has 1 aliphatic rings. The lowest BCUT2D eigenvalue weighted by Crippen LogP contribution is -2.24. The van der Waals surface area contributed by atoms with Crippen LogP contribution >= 0.6 is 0 Å². The molecule has 7 rings (SSSR count). The van der Waals surface area contributed by atoms with Gasteiger partial charge in [0.25, 0.3) is 0 Å². The zero-order chi connectivity index (χ0) is 30.6. The van der Waals surface area contributed by atoms with Crippen LogP contribution in [-0.4, -0.2) is 38.7 Å². The van der Waals surface area contributed by atoms with Gasteiger partial charge in [0.05, 0.1) is 18.5 Å². The Bertz CT molecular complexity index is 1920. The number of benzene rings is 4. The first-order valence-corrected chi connectivity index (χ1v) is 15.3. The fourth-order valence-corrected chi connectivity index (χ4v) is 5.87. The number of unbranched alkanes of at least 4 members (excludes halogenated alkanes) is 1. The van der Waals surface area contributed by atoms with Crippen molar-refractivity contribution in [1.29, 1.82) is 0 Å². The molecule has 0 unspecified atom stereocenters. The third-order valence-corrected chi connectivity index (χ3v) is 8.12. The van der Waals surface area contributed by atoms with Crippen molar-refractivity contribution >= 4 is 11.0 Å².